The van der Waals surface area contributed by atoms with Crippen molar-refractivity contribution in [1.82, 2.24) is 9.21 Å². The monoisotopic (exact) mass is 300 g/mol. The third kappa shape index (κ3) is 2.73. The molecule has 0 N–H and O–H groups in total. The molecule has 1 saturated heterocycles. The number of aryl methyl sites for hydroxylation is 2. The normalized spacial score (nSPS) is 20.8. The first-order chi connectivity index (χ1) is 9.23. The number of rotatable bonds is 3. The van der Waals surface area contributed by atoms with Crippen molar-refractivity contribution >= 4 is 10.0 Å². The van der Waals surface area contributed by atoms with Crippen LogP contribution < -0.4 is 0 Å². The molecule has 6 heteroatoms. The second-order valence-electron chi connectivity index (χ2n) is 5.64. The fourth-order valence-corrected chi connectivity index (χ4v) is 4.69. The number of sulfonamides is 1. The summed E-state index contributed by atoms with van der Waals surface area (Å²) in [6, 6.07) is 2.80. The van der Waals surface area contributed by atoms with Gasteiger partial charge in [-0.05, 0) is 57.6 Å². The molecule has 1 aromatic carbocycles. The summed E-state index contributed by atoms with van der Waals surface area (Å²) >= 11 is 0. The highest BCUT2D eigenvalue weighted by Crippen LogP contribution is 2.28. The Labute approximate surface area is 120 Å². The molecule has 1 fully saturated rings. The predicted octanol–water partition coefficient (Wildman–Crippen LogP) is 1.77. The Kier molecular flexibility index (Phi) is 4.18. The molecule has 1 aliphatic heterocycles. The number of halogens is 1. The van der Waals surface area contributed by atoms with E-state index >= 15 is 0 Å². The van der Waals surface area contributed by atoms with Crippen LogP contribution in [0.2, 0.25) is 0 Å². The van der Waals surface area contributed by atoms with Crippen LogP contribution in [0.3, 0.4) is 0 Å². The van der Waals surface area contributed by atoms with Gasteiger partial charge in [-0.2, -0.15) is 4.31 Å². The summed E-state index contributed by atoms with van der Waals surface area (Å²) in [6.45, 7) is 4.29. The van der Waals surface area contributed by atoms with Crippen LogP contribution in [0.1, 0.15) is 17.5 Å². The van der Waals surface area contributed by atoms with Gasteiger partial charge in [-0.15, -0.1) is 0 Å². The molecule has 0 amide bonds. The molecule has 4 nitrogen and oxygen atoms in total. The molecule has 1 atom stereocenters. The Morgan fingerprint density at radius 2 is 1.80 bits per heavy atom. The lowest BCUT2D eigenvalue weighted by atomic mass is 10.1. The molecule has 0 aliphatic carbocycles. The summed E-state index contributed by atoms with van der Waals surface area (Å²) in [5.41, 5.74) is 0.937. The van der Waals surface area contributed by atoms with Gasteiger partial charge in [0.25, 0.3) is 0 Å². The van der Waals surface area contributed by atoms with Crippen LogP contribution in [0.25, 0.3) is 0 Å². The Bertz CT molecular complexity index is 591. The van der Waals surface area contributed by atoms with Gasteiger partial charge in [0.1, 0.15) is 5.82 Å². The van der Waals surface area contributed by atoms with E-state index in [0.29, 0.717) is 24.2 Å². The first-order valence-corrected chi connectivity index (χ1v) is 8.11. The van der Waals surface area contributed by atoms with E-state index in [4.69, 9.17) is 0 Å². The van der Waals surface area contributed by atoms with Crippen LogP contribution in [-0.4, -0.2) is 50.8 Å². The lowest BCUT2D eigenvalue weighted by molar-refractivity contribution is 0.302. The second kappa shape index (κ2) is 5.42. The van der Waals surface area contributed by atoms with E-state index < -0.39 is 15.8 Å². The molecule has 1 aromatic rings. The molecule has 0 bridgehead atoms. The van der Waals surface area contributed by atoms with E-state index in [1.807, 2.05) is 19.0 Å². The number of benzene rings is 1. The lowest BCUT2D eigenvalue weighted by Gasteiger charge is -2.22. The molecule has 1 unspecified atom stereocenters. The largest absolute Gasteiger partial charge is 0.305 e. The molecule has 0 aromatic heterocycles. The Morgan fingerprint density at radius 3 is 2.25 bits per heavy atom. The van der Waals surface area contributed by atoms with Gasteiger partial charge in [-0.3, -0.25) is 0 Å². The van der Waals surface area contributed by atoms with Gasteiger partial charge in [0.2, 0.25) is 10.0 Å². The molecule has 2 rings (SSSR count). The van der Waals surface area contributed by atoms with Gasteiger partial charge in [-0.25, -0.2) is 12.8 Å². The smallest absolute Gasteiger partial charge is 0.243 e. The first kappa shape index (κ1) is 15.4. The maximum Gasteiger partial charge on any atom is 0.243 e. The minimum Gasteiger partial charge on any atom is -0.305 e. The van der Waals surface area contributed by atoms with Crippen molar-refractivity contribution in [3.05, 3.63) is 29.1 Å². The van der Waals surface area contributed by atoms with E-state index in [-0.39, 0.29) is 10.9 Å². The standard InChI is InChI=1S/C14H21FN2O2S/c1-10-7-12(15)8-11(2)14(10)20(18,19)17-6-5-13(9-17)16(3)4/h7-8,13H,5-6,9H2,1-4H3. The van der Waals surface area contributed by atoms with Crippen molar-refractivity contribution in [2.45, 2.75) is 31.2 Å². The number of nitrogens with zero attached hydrogens (tertiary/aromatic N) is 2. The topological polar surface area (TPSA) is 40.6 Å². The molecule has 0 spiro atoms. The number of likely N-dealkylation sites (N-methyl/N-ethyl adjacent to an activating group) is 1. The molecule has 112 valence electrons. The summed E-state index contributed by atoms with van der Waals surface area (Å²) in [7, 11) is 0.364. The van der Waals surface area contributed by atoms with Crippen LogP contribution in [0.5, 0.6) is 0 Å². The molecule has 1 aliphatic rings. The molecule has 1 heterocycles. The summed E-state index contributed by atoms with van der Waals surface area (Å²) in [5.74, 6) is -0.397. The van der Waals surface area contributed by atoms with Crippen molar-refractivity contribution < 1.29 is 12.8 Å². The maximum absolute atomic E-state index is 13.3. The minimum absolute atomic E-state index is 0.242. The lowest BCUT2D eigenvalue weighted by Crippen LogP contribution is -2.35. The highest BCUT2D eigenvalue weighted by molar-refractivity contribution is 7.89. The van der Waals surface area contributed by atoms with Gasteiger partial charge in [0.05, 0.1) is 4.90 Å². The maximum atomic E-state index is 13.3. The molecule has 0 radical (unpaired) electrons. The van der Waals surface area contributed by atoms with Crippen LogP contribution in [0, 0.1) is 19.7 Å². The van der Waals surface area contributed by atoms with Gasteiger partial charge in [-0.1, -0.05) is 0 Å². The van der Waals surface area contributed by atoms with Gasteiger partial charge >= 0.3 is 0 Å². The average molecular weight is 300 g/mol. The second-order valence-corrected chi connectivity index (χ2v) is 7.51. The Hall–Kier alpha value is -0.980. The molecule has 20 heavy (non-hydrogen) atoms. The Balaban J connectivity index is 2.38. The third-order valence-electron chi connectivity index (χ3n) is 3.88. The van der Waals surface area contributed by atoms with E-state index in [2.05, 4.69) is 0 Å². The fourth-order valence-electron chi connectivity index (χ4n) is 2.78. The van der Waals surface area contributed by atoms with Gasteiger partial charge in [0, 0.05) is 19.1 Å². The van der Waals surface area contributed by atoms with Crippen LogP contribution >= 0.6 is 0 Å². The van der Waals surface area contributed by atoms with E-state index in [0.717, 1.165) is 6.42 Å². The van der Waals surface area contributed by atoms with Gasteiger partial charge < -0.3 is 4.90 Å². The first-order valence-electron chi connectivity index (χ1n) is 6.67. The van der Waals surface area contributed by atoms with Crippen molar-refractivity contribution in [2.75, 3.05) is 27.2 Å². The highest BCUT2D eigenvalue weighted by atomic mass is 32.2. The van der Waals surface area contributed by atoms with E-state index in [9.17, 15) is 12.8 Å². The molecule has 0 saturated carbocycles. The van der Waals surface area contributed by atoms with E-state index in [1.54, 1.807) is 13.8 Å². The zero-order valence-corrected chi connectivity index (χ0v) is 13.2. The average Bonchev–Trinajstić information content (AvgIpc) is 2.76. The molecular formula is C14H21FN2O2S. The van der Waals surface area contributed by atoms with Crippen molar-refractivity contribution in [1.29, 1.82) is 0 Å². The number of hydrogen-bond donors (Lipinski definition) is 0. The zero-order valence-electron chi connectivity index (χ0n) is 12.4. The summed E-state index contributed by atoms with van der Waals surface area (Å²) in [4.78, 5) is 2.29. The van der Waals surface area contributed by atoms with Crippen LogP contribution in [-0.2, 0) is 10.0 Å². The SMILES string of the molecule is Cc1cc(F)cc(C)c1S(=O)(=O)N1CCC(N(C)C)C1. The van der Waals surface area contributed by atoms with Gasteiger partial charge in [0.15, 0.2) is 0 Å². The third-order valence-corrected chi connectivity index (χ3v) is 6.05. The summed E-state index contributed by atoms with van der Waals surface area (Å²) < 4.78 is 40.3. The highest BCUT2D eigenvalue weighted by Gasteiger charge is 2.35. The summed E-state index contributed by atoms with van der Waals surface area (Å²) in [6.07, 6.45) is 0.825. The quantitative estimate of drug-likeness (QED) is 0.854. The minimum atomic E-state index is -3.54. The van der Waals surface area contributed by atoms with E-state index in [1.165, 1.54) is 16.4 Å². The predicted molar refractivity (Wildman–Crippen MR) is 76.7 cm³/mol. The van der Waals surface area contributed by atoms with Crippen molar-refractivity contribution in [3.8, 4) is 0 Å². The van der Waals surface area contributed by atoms with Crippen LogP contribution in [0.4, 0.5) is 4.39 Å². The van der Waals surface area contributed by atoms with Crippen molar-refractivity contribution in [2.24, 2.45) is 0 Å². The Morgan fingerprint density at radius 1 is 1.25 bits per heavy atom. The fraction of sp³-hybridized carbons (Fsp3) is 0.571. The summed E-state index contributed by atoms with van der Waals surface area (Å²) in [5, 5.41) is 0. The molecular weight excluding hydrogens is 279 g/mol. The van der Waals surface area contributed by atoms with Crippen molar-refractivity contribution in [3.63, 3.8) is 0 Å². The zero-order chi connectivity index (χ0) is 15.1. The van der Waals surface area contributed by atoms with Crippen LogP contribution in [0.15, 0.2) is 17.0 Å². The number of hydrogen-bond acceptors (Lipinski definition) is 3.